The zero-order valence-corrected chi connectivity index (χ0v) is 13.9. The molecule has 0 aliphatic heterocycles. The maximum absolute atomic E-state index is 13.5. The first-order chi connectivity index (χ1) is 11.3. The van der Waals surface area contributed by atoms with Crippen molar-refractivity contribution < 1.29 is 9.13 Å². The van der Waals surface area contributed by atoms with Gasteiger partial charge in [-0.3, -0.25) is 0 Å². The van der Waals surface area contributed by atoms with Gasteiger partial charge >= 0.3 is 0 Å². The molecule has 0 bridgehead atoms. The minimum Gasteiger partial charge on any atom is -0.488 e. The molecular formula is C20H19ClFNO. The summed E-state index contributed by atoms with van der Waals surface area (Å²) in [6.45, 7) is 0.891. The molecule has 0 fully saturated rings. The second kappa shape index (κ2) is 8.48. The molecule has 2 nitrogen and oxygen atoms in total. The lowest BCUT2D eigenvalue weighted by molar-refractivity contribution is 0.307. The van der Waals surface area contributed by atoms with E-state index in [1.54, 1.807) is 6.07 Å². The Morgan fingerprint density at radius 3 is 2.33 bits per heavy atom. The van der Waals surface area contributed by atoms with Gasteiger partial charge in [0, 0.05) is 12.1 Å². The van der Waals surface area contributed by atoms with Crippen LogP contribution in [0.3, 0.4) is 0 Å². The summed E-state index contributed by atoms with van der Waals surface area (Å²) in [5, 5.41) is 0. The molecule has 0 aromatic heterocycles. The minimum atomic E-state index is -0.264. The van der Waals surface area contributed by atoms with E-state index in [0.717, 1.165) is 22.3 Å². The van der Waals surface area contributed by atoms with Crippen LogP contribution >= 0.6 is 12.4 Å². The Bertz CT molecular complexity index is 793. The first kappa shape index (κ1) is 18.0. The van der Waals surface area contributed by atoms with E-state index in [4.69, 9.17) is 10.5 Å². The third-order valence-corrected chi connectivity index (χ3v) is 3.65. The van der Waals surface area contributed by atoms with E-state index in [9.17, 15) is 4.39 Å². The van der Waals surface area contributed by atoms with Crippen molar-refractivity contribution >= 4 is 12.4 Å². The third kappa shape index (κ3) is 4.34. The summed E-state index contributed by atoms with van der Waals surface area (Å²) in [4.78, 5) is 0. The molecule has 4 heteroatoms. The van der Waals surface area contributed by atoms with Crippen LogP contribution in [0.2, 0.25) is 0 Å². The van der Waals surface area contributed by atoms with Crippen LogP contribution in [-0.2, 0) is 13.2 Å². The molecule has 3 aromatic carbocycles. The van der Waals surface area contributed by atoms with Crippen molar-refractivity contribution in [1.82, 2.24) is 0 Å². The Morgan fingerprint density at radius 2 is 1.62 bits per heavy atom. The fourth-order valence-electron chi connectivity index (χ4n) is 2.44. The van der Waals surface area contributed by atoms with Crippen LogP contribution in [0, 0.1) is 5.82 Å². The number of halogens is 2. The van der Waals surface area contributed by atoms with Gasteiger partial charge in [-0.15, -0.1) is 12.4 Å². The smallest absolute Gasteiger partial charge is 0.127 e. The van der Waals surface area contributed by atoms with Crippen molar-refractivity contribution in [1.29, 1.82) is 0 Å². The molecule has 3 rings (SSSR count). The van der Waals surface area contributed by atoms with Gasteiger partial charge < -0.3 is 10.5 Å². The summed E-state index contributed by atoms with van der Waals surface area (Å²) in [6.07, 6.45) is 0. The topological polar surface area (TPSA) is 35.2 Å². The predicted molar refractivity (Wildman–Crippen MR) is 97.7 cm³/mol. The maximum atomic E-state index is 13.5. The number of ether oxygens (including phenoxy) is 1. The number of hydrogen-bond donors (Lipinski definition) is 1. The average molecular weight is 344 g/mol. The quantitative estimate of drug-likeness (QED) is 0.711. The molecule has 0 aliphatic carbocycles. The summed E-state index contributed by atoms with van der Waals surface area (Å²) in [7, 11) is 0. The highest BCUT2D eigenvalue weighted by Gasteiger charge is 2.09. The van der Waals surface area contributed by atoms with Gasteiger partial charge in [-0.05, 0) is 34.9 Å². The Balaban J connectivity index is 0.00000208. The average Bonchev–Trinajstić information content (AvgIpc) is 2.60. The van der Waals surface area contributed by atoms with E-state index >= 15 is 0 Å². The first-order valence-electron chi connectivity index (χ1n) is 7.52. The molecule has 0 spiro atoms. The third-order valence-electron chi connectivity index (χ3n) is 3.65. The van der Waals surface area contributed by atoms with Crippen LogP contribution in [0.15, 0.2) is 72.8 Å². The number of nitrogens with two attached hydrogens (primary N) is 1. The van der Waals surface area contributed by atoms with Crippen molar-refractivity contribution in [3.63, 3.8) is 0 Å². The van der Waals surface area contributed by atoms with Crippen LogP contribution in [0.1, 0.15) is 11.1 Å². The lowest BCUT2D eigenvalue weighted by Crippen LogP contribution is -2.00. The van der Waals surface area contributed by atoms with Crippen molar-refractivity contribution in [3.05, 3.63) is 89.7 Å². The Morgan fingerprint density at radius 1 is 0.833 bits per heavy atom. The largest absolute Gasteiger partial charge is 0.488 e. The van der Waals surface area contributed by atoms with Gasteiger partial charge in [0.1, 0.15) is 18.2 Å². The van der Waals surface area contributed by atoms with Gasteiger partial charge in [0.15, 0.2) is 0 Å². The van der Waals surface area contributed by atoms with Gasteiger partial charge in [0.2, 0.25) is 0 Å². The molecule has 0 aliphatic rings. The van der Waals surface area contributed by atoms with Crippen molar-refractivity contribution in [3.8, 4) is 16.9 Å². The Hall–Kier alpha value is -2.36. The summed E-state index contributed by atoms with van der Waals surface area (Å²) in [6, 6.07) is 22.2. The minimum absolute atomic E-state index is 0. The highest BCUT2D eigenvalue weighted by Crippen LogP contribution is 2.32. The molecule has 0 saturated carbocycles. The lowest BCUT2D eigenvalue weighted by atomic mass is 10.0. The van der Waals surface area contributed by atoms with E-state index in [2.05, 4.69) is 0 Å². The molecule has 0 heterocycles. The molecule has 0 atom stereocenters. The molecule has 0 amide bonds. The van der Waals surface area contributed by atoms with E-state index < -0.39 is 0 Å². The summed E-state index contributed by atoms with van der Waals surface area (Å²) < 4.78 is 19.5. The van der Waals surface area contributed by atoms with Crippen LogP contribution in [-0.4, -0.2) is 0 Å². The van der Waals surface area contributed by atoms with Crippen LogP contribution in [0.5, 0.6) is 5.75 Å². The summed E-state index contributed by atoms with van der Waals surface area (Å²) >= 11 is 0. The molecule has 0 unspecified atom stereocenters. The standard InChI is InChI=1S/C20H18FNO.ClH/c21-18-8-4-7-17(12-18)19-10-9-16(13-22)11-20(19)23-14-15-5-2-1-3-6-15;/h1-12H,13-14,22H2;1H. The van der Waals surface area contributed by atoms with E-state index in [1.165, 1.54) is 12.1 Å². The van der Waals surface area contributed by atoms with E-state index in [-0.39, 0.29) is 18.2 Å². The molecule has 0 saturated heterocycles. The summed E-state index contributed by atoms with van der Waals surface area (Å²) in [5.41, 5.74) is 9.43. The fraction of sp³-hybridized carbons (Fsp3) is 0.100. The fourth-order valence-corrected chi connectivity index (χ4v) is 2.44. The van der Waals surface area contributed by atoms with Gasteiger partial charge in [-0.25, -0.2) is 4.39 Å². The number of hydrogen-bond acceptors (Lipinski definition) is 2. The van der Waals surface area contributed by atoms with Crippen molar-refractivity contribution in [2.45, 2.75) is 13.2 Å². The number of benzene rings is 3. The van der Waals surface area contributed by atoms with Crippen LogP contribution < -0.4 is 10.5 Å². The monoisotopic (exact) mass is 343 g/mol. The zero-order chi connectivity index (χ0) is 16.1. The predicted octanol–water partition coefficient (Wildman–Crippen LogP) is 4.95. The molecule has 2 N–H and O–H groups in total. The second-order valence-electron chi connectivity index (χ2n) is 5.32. The van der Waals surface area contributed by atoms with Crippen molar-refractivity contribution in [2.75, 3.05) is 0 Å². The molecular weight excluding hydrogens is 325 g/mol. The molecule has 24 heavy (non-hydrogen) atoms. The van der Waals surface area contributed by atoms with Gasteiger partial charge in [0.25, 0.3) is 0 Å². The van der Waals surface area contributed by atoms with E-state index in [1.807, 2.05) is 54.6 Å². The van der Waals surface area contributed by atoms with Gasteiger partial charge in [0.05, 0.1) is 0 Å². The molecule has 3 aromatic rings. The second-order valence-corrected chi connectivity index (χ2v) is 5.32. The highest BCUT2D eigenvalue weighted by molar-refractivity contribution is 5.85. The van der Waals surface area contributed by atoms with Crippen LogP contribution in [0.25, 0.3) is 11.1 Å². The van der Waals surface area contributed by atoms with E-state index in [0.29, 0.717) is 18.9 Å². The van der Waals surface area contributed by atoms with Gasteiger partial charge in [-0.1, -0.05) is 54.6 Å². The maximum Gasteiger partial charge on any atom is 0.127 e. The Labute approximate surface area is 147 Å². The zero-order valence-electron chi connectivity index (χ0n) is 13.1. The molecule has 0 radical (unpaired) electrons. The molecule has 124 valence electrons. The number of rotatable bonds is 5. The van der Waals surface area contributed by atoms with Crippen LogP contribution in [0.4, 0.5) is 4.39 Å². The highest BCUT2D eigenvalue weighted by atomic mass is 35.5. The summed E-state index contributed by atoms with van der Waals surface area (Å²) in [5.74, 6) is 0.446. The normalized spacial score (nSPS) is 10.1. The van der Waals surface area contributed by atoms with Crippen molar-refractivity contribution in [2.24, 2.45) is 5.73 Å². The first-order valence-corrected chi connectivity index (χ1v) is 7.52. The van der Waals surface area contributed by atoms with Gasteiger partial charge in [-0.2, -0.15) is 0 Å². The lowest BCUT2D eigenvalue weighted by Gasteiger charge is -2.13. The SMILES string of the molecule is Cl.NCc1ccc(-c2cccc(F)c2)c(OCc2ccccc2)c1. The Kier molecular flexibility index (Phi) is 6.36.